The van der Waals surface area contributed by atoms with Crippen LogP contribution < -0.4 is 9.04 Å². The molecule has 0 spiro atoms. The molecule has 35 heavy (non-hydrogen) atoms. The van der Waals surface area contributed by atoms with Gasteiger partial charge in [-0.15, -0.1) is 0 Å². The van der Waals surface area contributed by atoms with E-state index in [2.05, 4.69) is 17.0 Å². The van der Waals surface area contributed by atoms with Crippen molar-refractivity contribution in [2.45, 2.75) is 44.0 Å². The van der Waals surface area contributed by atoms with E-state index in [1.165, 1.54) is 4.31 Å². The maximum atomic E-state index is 13.7. The summed E-state index contributed by atoms with van der Waals surface area (Å²) < 4.78 is 36.1. The molecule has 4 rings (SSSR count). The first-order valence-corrected chi connectivity index (χ1v) is 13.4. The van der Waals surface area contributed by atoms with Crippen molar-refractivity contribution < 1.29 is 17.9 Å². The molecular weight excluding hydrogens is 462 g/mol. The third-order valence-electron chi connectivity index (χ3n) is 6.82. The third-order valence-corrected chi connectivity index (χ3v) is 8.65. The maximum Gasteiger partial charge on any atom is 0.264 e. The normalized spacial score (nSPS) is 14.7. The highest BCUT2D eigenvalue weighted by Crippen LogP contribution is 2.28. The second-order valence-corrected chi connectivity index (χ2v) is 10.9. The second-order valence-electron chi connectivity index (χ2n) is 9.01. The fourth-order valence-electron chi connectivity index (χ4n) is 4.50. The van der Waals surface area contributed by atoms with Gasteiger partial charge in [0.2, 0.25) is 5.91 Å². The summed E-state index contributed by atoms with van der Waals surface area (Å²) in [7, 11) is -2.29. The molecule has 1 aliphatic heterocycles. The number of aromatic nitrogens is 1. The quantitative estimate of drug-likeness (QED) is 0.459. The number of hydrogen-bond acceptors (Lipinski definition) is 4. The van der Waals surface area contributed by atoms with E-state index in [0.29, 0.717) is 30.6 Å². The minimum Gasteiger partial charge on any atom is -0.497 e. The Morgan fingerprint density at radius 3 is 2.26 bits per heavy atom. The van der Waals surface area contributed by atoms with E-state index in [1.807, 2.05) is 36.9 Å². The van der Waals surface area contributed by atoms with Crippen molar-refractivity contribution in [3.05, 3.63) is 78.1 Å². The Morgan fingerprint density at radius 2 is 1.66 bits per heavy atom. The van der Waals surface area contributed by atoms with Crippen molar-refractivity contribution in [1.82, 2.24) is 9.47 Å². The molecule has 0 unspecified atom stereocenters. The van der Waals surface area contributed by atoms with Crippen LogP contribution in [0.5, 0.6) is 5.75 Å². The Balaban J connectivity index is 1.50. The van der Waals surface area contributed by atoms with Gasteiger partial charge in [0.05, 0.1) is 17.7 Å². The number of amides is 1. The molecule has 7 nitrogen and oxygen atoms in total. The molecule has 0 radical (unpaired) electrons. The molecular formula is C27H33N3O4S. The number of piperidine rings is 1. The van der Waals surface area contributed by atoms with E-state index in [9.17, 15) is 13.2 Å². The molecule has 0 N–H and O–H groups in total. The summed E-state index contributed by atoms with van der Waals surface area (Å²) >= 11 is 0. The van der Waals surface area contributed by atoms with Crippen molar-refractivity contribution in [2.24, 2.45) is 0 Å². The highest BCUT2D eigenvalue weighted by molar-refractivity contribution is 7.92. The molecule has 186 valence electrons. The number of carbonyl (C=O) groups excluding carboxylic acids is 1. The Bertz CT molecular complexity index is 1250. The number of benzene rings is 2. The molecule has 2 aromatic carbocycles. The third kappa shape index (κ3) is 5.53. The van der Waals surface area contributed by atoms with Crippen molar-refractivity contribution in [1.29, 1.82) is 0 Å². The molecule has 0 atom stereocenters. The van der Waals surface area contributed by atoms with Crippen molar-refractivity contribution in [2.75, 3.05) is 31.0 Å². The van der Waals surface area contributed by atoms with Gasteiger partial charge in [-0.1, -0.05) is 6.07 Å². The van der Waals surface area contributed by atoms with E-state index in [1.54, 1.807) is 43.5 Å². The Kier molecular flexibility index (Phi) is 7.50. The van der Waals surface area contributed by atoms with E-state index in [4.69, 9.17) is 4.74 Å². The summed E-state index contributed by atoms with van der Waals surface area (Å²) in [6.45, 7) is 5.26. The number of sulfonamides is 1. The SMILES string of the molecule is COc1ccc(N(CCC(=O)N2CCC(n3cccc3)CC2)S(=O)(=O)c2ccc(C)c(C)c2)cc1. The van der Waals surface area contributed by atoms with Crippen molar-refractivity contribution in [3.8, 4) is 5.75 Å². The van der Waals surface area contributed by atoms with Gasteiger partial charge in [-0.2, -0.15) is 0 Å². The molecule has 1 amide bonds. The average molecular weight is 496 g/mol. The lowest BCUT2D eigenvalue weighted by Gasteiger charge is -2.33. The summed E-state index contributed by atoms with van der Waals surface area (Å²) in [5.41, 5.74) is 2.43. The number of ether oxygens (including phenoxy) is 1. The standard InChI is InChI=1S/C27H33N3O4S/c1-21-6-11-26(20-22(21)2)35(32,33)30(24-7-9-25(34-3)10-8-24)19-14-27(31)29-17-12-23(13-18-29)28-15-4-5-16-28/h4-11,15-16,20,23H,12-14,17-19H2,1-3H3. The van der Waals surface area contributed by atoms with Gasteiger partial charge in [-0.3, -0.25) is 9.10 Å². The maximum absolute atomic E-state index is 13.7. The van der Waals surface area contributed by atoms with Crippen molar-refractivity contribution >= 4 is 21.6 Å². The number of anilines is 1. The first-order chi connectivity index (χ1) is 16.8. The van der Waals surface area contributed by atoms with Gasteiger partial charge in [0.15, 0.2) is 0 Å². The van der Waals surface area contributed by atoms with E-state index in [-0.39, 0.29) is 23.8 Å². The number of nitrogens with zero attached hydrogens (tertiary/aromatic N) is 3. The average Bonchev–Trinajstić information content (AvgIpc) is 3.41. The molecule has 1 fully saturated rings. The Hall–Kier alpha value is -3.26. The Morgan fingerprint density at radius 1 is 1.00 bits per heavy atom. The number of aryl methyl sites for hydroxylation is 2. The van der Waals surface area contributed by atoms with Crippen LogP contribution in [0.2, 0.25) is 0 Å². The van der Waals surface area contributed by atoms with Gasteiger partial charge in [0.25, 0.3) is 10.0 Å². The summed E-state index contributed by atoms with van der Waals surface area (Å²) in [5.74, 6) is 0.615. The molecule has 8 heteroatoms. The van der Waals surface area contributed by atoms with Crippen LogP contribution in [-0.4, -0.2) is 50.5 Å². The smallest absolute Gasteiger partial charge is 0.264 e. The van der Waals surface area contributed by atoms with Crippen LogP contribution in [0.15, 0.2) is 71.9 Å². The first kappa shape index (κ1) is 24.9. The first-order valence-electron chi connectivity index (χ1n) is 11.9. The number of hydrogen-bond donors (Lipinski definition) is 0. The molecule has 1 saturated heterocycles. The number of rotatable bonds is 8. The molecule has 3 aromatic rings. The molecule has 0 saturated carbocycles. The van der Waals surface area contributed by atoms with Crippen molar-refractivity contribution in [3.63, 3.8) is 0 Å². The zero-order valence-corrected chi connectivity index (χ0v) is 21.4. The lowest BCUT2D eigenvalue weighted by atomic mass is 10.0. The summed E-state index contributed by atoms with van der Waals surface area (Å²) in [6, 6.07) is 16.4. The van der Waals surface area contributed by atoms with Gasteiger partial charge in [0.1, 0.15) is 5.75 Å². The van der Waals surface area contributed by atoms with Crippen LogP contribution in [0, 0.1) is 13.8 Å². The van der Waals surface area contributed by atoms with Gasteiger partial charge < -0.3 is 14.2 Å². The highest BCUT2D eigenvalue weighted by atomic mass is 32.2. The van der Waals surface area contributed by atoms with E-state index >= 15 is 0 Å². The zero-order valence-electron chi connectivity index (χ0n) is 20.6. The largest absolute Gasteiger partial charge is 0.497 e. The molecule has 2 heterocycles. The molecule has 1 aromatic heterocycles. The summed E-state index contributed by atoms with van der Waals surface area (Å²) in [4.78, 5) is 15.1. The fourth-order valence-corrected chi connectivity index (χ4v) is 6.05. The molecule has 1 aliphatic rings. The zero-order chi connectivity index (χ0) is 25.0. The number of likely N-dealkylation sites (tertiary alicyclic amines) is 1. The van der Waals surface area contributed by atoms with Crippen LogP contribution in [0.25, 0.3) is 0 Å². The van der Waals surface area contributed by atoms with Gasteiger partial charge in [-0.05, 0) is 86.3 Å². The lowest BCUT2D eigenvalue weighted by Crippen LogP contribution is -2.41. The predicted octanol–water partition coefficient (Wildman–Crippen LogP) is 4.56. The topological polar surface area (TPSA) is 71.8 Å². The second kappa shape index (κ2) is 10.6. The van der Waals surface area contributed by atoms with Crippen LogP contribution in [0.3, 0.4) is 0 Å². The fraction of sp³-hybridized carbons (Fsp3) is 0.370. The van der Waals surface area contributed by atoms with Crippen LogP contribution >= 0.6 is 0 Å². The van der Waals surface area contributed by atoms with E-state index in [0.717, 1.165) is 24.0 Å². The summed E-state index contributed by atoms with van der Waals surface area (Å²) in [5, 5.41) is 0. The summed E-state index contributed by atoms with van der Waals surface area (Å²) in [6.07, 6.45) is 6.02. The lowest BCUT2D eigenvalue weighted by molar-refractivity contribution is -0.132. The van der Waals surface area contributed by atoms with Gasteiger partial charge in [-0.25, -0.2) is 8.42 Å². The van der Waals surface area contributed by atoms with E-state index < -0.39 is 10.0 Å². The monoisotopic (exact) mass is 495 g/mol. The minimum absolute atomic E-state index is 0.0234. The Labute approximate surface area is 208 Å². The molecule has 0 bridgehead atoms. The minimum atomic E-state index is -3.86. The van der Waals surface area contributed by atoms with Gasteiger partial charge in [0, 0.05) is 44.5 Å². The highest BCUT2D eigenvalue weighted by Gasteiger charge is 2.28. The van der Waals surface area contributed by atoms with Crippen LogP contribution in [-0.2, 0) is 14.8 Å². The number of methoxy groups -OCH3 is 1. The molecule has 0 aliphatic carbocycles. The number of carbonyl (C=O) groups is 1. The van der Waals surface area contributed by atoms with Gasteiger partial charge >= 0.3 is 0 Å². The van der Waals surface area contributed by atoms with Crippen LogP contribution in [0.1, 0.15) is 36.4 Å². The van der Waals surface area contributed by atoms with Crippen LogP contribution in [0.4, 0.5) is 5.69 Å². The predicted molar refractivity (Wildman–Crippen MR) is 137 cm³/mol.